The molecule has 0 fully saturated rings. The molecule has 0 unspecified atom stereocenters. The zero-order chi connectivity index (χ0) is 30.7. The number of hydrogen-bond donors (Lipinski definition) is 1. The predicted octanol–water partition coefficient (Wildman–Crippen LogP) is 5.28. The number of hydrogen-bond acceptors (Lipinski definition) is 8. The maximum Gasteiger partial charge on any atom is 0.255 e. The Balaban J connectivity index is 1.54. The van der Waals surface area contributed by atoms with Crippen molar-refractivity contribution in [1.82, 2.24) is 5.32 Å². The van der Waals surface area contributed by atoms with Crippen LogP contribution in [0.3, 0.4) is 0 Å². The van der Waals surface area contributed by atoms with Crippen LogP contribution in [0.15, 0.2) is 65.1 Å². The lowest BCUT2D eigenvalue weighted by molar-refractivity contribution is -0.0503. The number of sulfonamides is 1. The van der Waals surface area contributed by atoms with E-state index in [1.54, 1.807) is 43.5 Å². The number of carbonyl (C=O) groups is 1. The highest BCUT2D eigenvalue weighted by atomic mass is 32.2. The van der Waals surface area contributed by atoms with Gasteiger partial charge in [-0.2, -0.15) is 0 Å². The molecule has 0 aliphatic carbocycles. The van der Waals surface area contributed by atoms with Crippen LogP contribution in [0.1, 0.15) is 28.9 Å². The van der Waals surface area contributed by atoms with Crippen LogP contribution in [0.2, 0.25) is 0 Å². The van der Waals surface area contributed by atoms with E-state index in [0.717, 1.165) is 6.26 Å². The van der Waals surface area contributed by atoms with Gasteiger partial charge < -0.3 is 28.7 Å². The number of fused-ring (bicyclic) bond motifs is 2. The van der Waals surface area contributed by atoms with Crippen molar-refractivity contribution in [3.8, 4) is 22.8 Å². The lowest BCUT2D eigenvalue weighted by Gasteiger charge is -2.24. The predicted molar refractivity (Wildman–Crippen MR) is 160 cm³/mol. The van der Waals surface area contributed by atoms with Crippen LogP contribution in [0.5, 0.6) is 11.5 Å². The molecular weight excluding hydrogens is 579 g/mol. The largest absolute Gasteiger partial charge is 0.457 e. The van der Waals surface area contributed by atoms with E-state index in [4.69, 9.17) is 23.4 Å². The normalized spacial score (nSPS) is 17.0. The fourth-order valence-corrected chi connectivity index (χ4v) is 5.96. The van der Waals surface area contributed by atoms with Gasteiger partial charge in [0, 0.05) is 36.7 Å². The standard InChI is InChI=1S/C31H33FN2O8S/c1-19-25-15-26-28(16-27(25)34(43(4,36)37)17-24(40-19)18-39-14-13-38-3)42-30(29(26)31(35)33-2)20-5-9-22(10-6-20)41-23-11-7-21(32)8-12-23/h5-12,15-16,19,24H,13-14,17-18H2,1-4H3,(H,33,35)/t19-,24-/m0/s1. The van der Waals surface area contributed by atoms with Gasteiger partial charge in [0.15, 0.2) is 0 Å². The topological polar surface area (TPSA) is 117 Å². The minimum absolute atomic E-state index is 0.0417. The molecule has 1 aliphatic rings. The summed E-state index contributed by atoms with van der Waals surface area (Å²) in [5, 5.41) is 3.19. The molecule has 0 radical (unpaired) electrons. The van der Waals surface area contributed by atoms with Gasteiger partial charge in [-0.15, -0.1) is 0 Å². The van der Waals surface area contributed by atoms with Crippen molar-refractivity contribution >= 4 is 32.6 Å². The van der Waals surface area contributed by atoms with E-state index in [-0.39, 0.29) is 24.9 Å². The summed E-state index contributed by atoms with van der Waals surface area (Å²) < 4.78 is 69.5. The van der Waals surface area contributed by atoms with Gasteiger partial charge in [-0.05, 0) is 61.5 Å². The first-order chi connectivity index (χ1) is 20.6. The zero-order valence-corrected chi connectivity index (χ0v) is 25.1. The number of ether oxygens (including phenoxy) is 4. The van der Waals surface area contributed by atoms with Crippen molar-refractivity contribution in [2.24, 2.45) is 0 Å². The summed E-state index contributed by atoms with van der Waals surface area (Å²) in [5.74, 6) is 0.564. The summed E-state index contributed by atoms with van der Waals surface area (Å²) in [6, 6.07) is 16.0. The fourth-order valence-electron chi connectivity index (χ4n) is 5.01. The molecule has 4 aromatic rings. The summed E-state index contributed by atoms with van der Waals surface area (Å²) >= 11 is 0. The lowest BCUT2D eigenvalue weighted by Crippen LogP contribution is -2.38. The Morgan fingerprint density at radius 3 is 2.37 bits per heavy atom. The molecule has 0 saturated heterocycles. The first-order valence-corrected chi connectivity index (χ1v) is 15.5. The number of benzene rings is 3. The molecule has 1 amide bonds. The number of anilines is 1. The average molecular weight is 613 g/mol. The van der Waals surface area contributed by atoms with Crippen molar-refractivity contribution in [1.29, 1.82) is 0 Å². The summed E-state index contributed by atoms with van der Waals surface area (Å²) in [7, 11) is -0.615. The molecule has 0 spiro atoms. The molecule has 3 aromatic carbocycles. The minimum atomic E-state index is -3.71. The van der Waals surface area contributed by atoms with Crippen molar-refractivity contribution in [3.63, 3.8) is 0 Å². The highest BCUT2D eigenvalue weighted by molar-refractivity contribution is 7.92. The van der Waals surface area contributed by atoms with E-state index in [9.17, 15) is 17.6 Å². The first kappa shape index (κ1) is 30.5. The molecule has 2 heterocycles. The van der Waals surface area contributed by atoms with Crippen LogP contribution in [0.4, 0.5) is 10.1 Å². The monoisotopic (exact) mass is 612 g/mol. The Labute approximate surface area is 249 Å². The van der Waals surface area contributed by atoms with Crippen molar-refractivity contribution < 1.29 is 41.0 Å². The van der Waals surface area contributed by atoms with Crippen molar-refractivity contribution in [3.05, 3.63) is 77.6 Å². The van der Waals surface area contributed by atoms with Crippen LogP contribution in [0, 0.1) is 5.82 Å². The number of carbonyl (C=O) groups excluding carboxylic acids is 1. The van der Waals surface area contributed by atoms with E-state index < -0.39 is 22.2 Å². The SMILES string of the molecule is CNC(=O)c1c(-c2ccc(Oc3ccc(F)cc3)cc2)oc2cc3c(cc12)[C@H](C)O[C@H](COCCOC)CN3S(C)(=O)=O. The Kier molecular flexibility index (Phi) is 9.02. The maximum atomic E-state index is 13.2. The molecule has 2 atom stereocenters. The van der Waals surface area contributed by atoms with E-state index in [0.29, 0.717) is 63.8 Å². The molecule has 228 valence electrons. The molecule has 10 nitrogen and oxygen atoms in total. The van der Waals surface area contributed by atoms with Gasteiger partial charge in [-0.25, -0.2) is 12.8 Å². The molecule has 1 aliphatic heterocycles. The maximum absolute atomic E-state index is 13.2. The van der Waals surface area contributed by atoms with Crippen molar-refractivity contribution in [2.75, 3.05) is 51.1 Å². The van der Waals surface area contributed by atoms with E-state index in [2.05, 4.69) is 5.32 Å². The van der Waals surface area contributed by atoms with Gasteiger partial charge in [0.05, 0.1) is 50.0 Å². The number of methoxy groups -OCH3 is 1. The lowest BCUT2D eigenvalue weighted by atomic mass is 10.0. The molecule has 43 heavy (non-hydrogen) atoms. The van der Waals surface area contributed by atoms with E-state index >= 15 is 0 Å². The molecule has 1 N–H and O–H groups in total. The van der Waals surface area contributed by atoms with Gasteiger partial charge in [-0.1, -0.05) is 0 Å². The minimum Gasteiger partial charge on any atom is -0.457 e. The van der Waals surface area contributed by atoms with E-state index in [1.807, 2.05) is 6.92 Å². The number of nitrogens with one attached hydrogen (secondary N) is 1. The fraction of sp³-hybridized carbons (Fsp3) is 0.323. The third-order valence-electron chi connectivity index (χ3n) is 7.07. The van der Waals surface area contributed by atoms with Crippen LogP contribution in [0.25, 0.3) is 22.3 Å². The van der Waals surface area contributed by atoms with Crippen LogP contribution in [-0.4, -0.2) is 67.2 Å². The van der Waals surface area contributed by atoms with Crippen LogP contribution in [-0.2, 0) is 24.2 Å². The third-order valence-corrected chi connectivity index (χ3v) is 8.21. The summed E-state index contributed by atoms with van der Waals surface area (Å²) in [6.07, 6.45) is 0.0877. The number of furan rings is 1. The molecular formula is C31H33FN2O8S. The average Bonchev–Trinajstić information content (AvgIpc) is 3.29. The number of halogens is 1. The Morgan fingerprint density at radius 1 is 1.07 bits per heavy atom. The van der Waals surface area contributed by atoms with Gasteiger partial charge in [0.25, 0.3) is 5.91 Å². The third kappa shape index (κ3) is 6.67. The van der Waals surface area contributed by atoms with E-state index in [1.165, 1.54) is 35.6 Å². The van der Waals surface area contributed by atoms with Gasteiger partial charge >= 0.3 is 0 Å². The van der Waals surface area contributed by atoms with Gasteiger partial charge in [0.2, 0.25) is 10.0 Å². The van der Waals surface area contributed by atoms with Gasteiger partial charge in [-0.3, -0.25) is 9.10 Å². The number of rotatable bonds is 10. The van der Waals surface area contributed by atoms with Gasteiger partial charge in [0.1, 0.15) is 34.8 Å². The second-order valence-corrected chi connectivity index (χ2v) is 12.0. The molecule has 0 bridgehead atoms. The smallest absolute Gasteiger partial charge is 0.255 e. The molecule has 1 aromatic heterocycles. The van der Waals surface area contributed by atoms with Crippen LogP contribution < -0.4 is 14.4 Å². The number of nitrogens with zero attached hydrogens (tertiary/aromatic N) is 1. The molecule has 0 saturated carbocycles. The zero-order valence-electron chi connectivity index (χ0n) is 24.3. The summed E-state index contributed by atoms with van der Waals surface area (Å²) in [5.41, 5.74) is 2.25. The second-order valence-electron chi connectivity index (χ2n) is 10.1. The second kappa shape index (κ2) is 12.7. The van der Waals surface area contributed by atoms with Crippen molar-refractivity contribution in [2.45, 2.75) is 19.1 Å². The summed E-state index contributed by atoms with van der Waals surface area (Å²) in [6.45, 7) is 2.81. The number of amides is 1. The summed E-state index contributed by atoms with van der Waals surface area (Å²) in [4.78, 5) is 13.2. The highest BCUT2D eigenvalue weighted by Crippen LogP contribution is 2.42. The Bertz CT molecular complexity index is 1700. The Morgan fingerprint density at radius 2 is 1.74 bits per heavy atom. The highest BCUT2D eigenvalue weighted by Gasteiger charge is 2.34. The van der Waals surface area contributed by atoms with Crippen LogP contribution >= 0.6 is 0 Å². The molecule has 5 rings (SSSR count). The first-order valence-electron chi connectivity index (χ1n) is 13.6. The quantitative estimate of drug-likeness (QED) is 0.241. The Hall–Kier alpha value is -3.97. The molecule has 12 heteroatoms.